The third-order valence-corrected chi connectivity index (χ3v) is 3.85. The molecule has 1 saturated heterocycles. The maximum absolute atomic E-state index is 11.7. The average Bonchev–Trinajstić information content (AvgIpc) is 2.44. The van der Waals surface area contributed by atoms with Gasteiger partial charge in [0, 0.05) is 19.6 Å². The van der Waals surface area contributed by atoms with Crippen molar-refractivity contribution >= 4 is 5.97 Å². The quantitative estimate of drug-likeness (QED) is 0.655. The predicted molar refractivity (Wildman–Crippen MR) is 75.8 cm³/mol. The predicted octanol–water partition coefficient (Wildman–Crippen LogP) is 2.50. The molecule has 1 rings (SSSR count). The first kappa shape index (κ1) is 16.4. The molecular formula is C15H29NO3. The molecule has 1 fully saturated rings. The lowest BCUT2D eigenvalue weighted by atomic mass is 9.94. The van der Waals surface area contributed by atoms with Crippen LogP contribution in [0.2, 0.25) is 0 Å². The standard InChI is InChI=1S/C15H29NO3/c1-2-3-13(6-9-16)4-5-15(17)19-12-14-7-10-18-11-8-14/h13-14H,2-12,16H2,1H3. The summed E-state index contributed by atoms with van der Waals surface area (Å²) in [4.78, 5) is 11.7. The second-order valence-corrected chi connectivity index (χ2v) is 5.51. The van der Waals surface area contributed by atoms with E-state index in [1.165, 1.54) is 0 Å². The second kappa shape index (κ2) is 10.2. The molecule has 1 atom stereocenters. The Labute approximate surface area is 117 Å². The van der Waals surface area contributed by atoms with E-state index < -0.39 is 0 Å². The summed E-state index contributed by atoms with van der Waals surface area (Å²) in [6.45, 7) is 5.06. The molecule has 1 heterocycles. The van der Waals surface area contributed by atoms with Gasteiger partial charge in [0.2, 0.25) is 0 Å². The SMILES string of the molecule is CCCC(CCN)CCC(=O)OCC1CCOCC1. The van der Waals surface area contributed by atoms with E-state index in [1.54, 1.807) is 0 Å². The van der Waals surface area contributed by atoms with Crippen LogP contribution in [0.15, 0.2) is 0 Å². The number of carbonyl (C=O) groups excluding carboxylic acids is 1. The molecule has 0 spiro atoms. The number of esters is 1. The number of nitrogens with two attached hydrogens (primary N) is 1. The Morgan fingerprint density at radius 1 is 1.32 bits per heavy atom. The fourth-order valence-electron chi connectivity index (χ4n) is 2.59. The van der Waals surface area contributed by atoms with Crippen LogP contribution in [0.4, 0.5) is 0 Å². The zero-order valence-electron chi connectivity index (χ0n) is 12.2. The van der Waals surface area contributed by atoms with Gasteiger partial charge < -0.3 is 15.2 Å². The van der Waals surface area contributed by atoms with Crippen LogP contribution in [-0.4, -0.2) is 32.3 Å². The third-order valence-electron chi connectivity index (χ3n) is 3.85. The number of hydrogen-bond acceptors (Lipinski definition) is 4. The van der Waals surface area contributed by atoms with Gasteiger partial charge in [-0.2, -0.15) is 0 Å². The monoisotopic (exact) mass is 271 g/mol. The van der Waals surface area contributed by atoms with Crippen LogP contribution in [0.1, 0.15) is 51.9 Å². The molecule has 0 saturated carbocycles. The lowest BCUT2D eigenvalue weighted by Gasteiger charge is -2.21. The molecule has 4 heteroatoms. The molecule has 2 N–H and O–H groups in total. The first-order valence-electron chi connectivity index (χ1n) is 7.69. The van der Waals surface area contributed by atoms with Gasteiger partial charge in [0.05, 0.1) is 6.61 Å². The van der Waals surface area contributed by atoms with Crippen molar-refractivity contribution in [1.29, 1.82) is 0 Å². The molecule has 19 heavy (non-hydrogen) atoms. The molecule has 1 aliphatic rings. The van der Waals surface area contributed by atoms with Crippen molar-refractivity contribution < 1.29 is 14.3 Å². The largest absolute Gasteiger partial charge is 0.465 e. The van der Waals surface area contributed by atoms with Gasteiger partial charge in [0.1, 0.15) is 0 Å². The number of rotatable bonds is 9. The van der Waals surface area contributed by atoms with Crippen molar-refractivity contribution in [3.8, 4) is 0 Å². The highest BCUT2D eigenvalue weighted by Crippen LogP contribution is 2.18. The van der Waals surface area contributed by atoms with Crippen LogP contribution < -0.4 is 5.73 Å². The van der Waals surface area contributed by atoms with Crippen molar-refractivity contribution in [3.05, 3.63) is 0 Å². The molecule has 112 valence electrons. The maximum Gasteiger partial charge on any atom is 0.305 e. The lowest BCUT2D eigenvalue weighted by Crippen LogP contribution is -2.22. The van der Waals surface area contributed by atoms with E-state index in [9.17, 15) is 4.79 Å². The summed E-state index contributed by atoms with van der Waals surface area (Å²) >= 11 is 0. The second-order valence-electron chi connectivity index (χ2n) is 5.51. The van der Waals surface area contributed by atoms with Crippen molar-refractivity contribution in [1.82, 2.24) is 0 Å². The first-order valence-corrected chi connectivity index (χ1v) is 7.69. The van der Waals surface area contributed by atoms with Crippen LogP contribution in [0.5, 0.6) is 0 Å². The number of carbonyl (C=O) groups is 1. The number of hydrogen-bond donors (Lipinski definition) is 1. The Bertz CT molecular complexity index is 234. The van der Waals surface area contributed by atoms with Gasteiger partial charge >= 0.3 is 5.97 Å². The van der Waals surface area contributed by atoms with Crippen LogP contribution in [0.3, 0.4) is 0 Å². The molecule has 0 aliphatic carbocycles. The third kappa shape index (κ3) is 7.53. The van der Waals surface area contributed by atoms with Crippen molar-refractivity contribution in [3.63, 3.8) is 0 Å². The molecule has 1 aliphatic heterocycles. The summed E-state index contributed by atoms with van der Waals surface area (Å²) in [6.07, 6.45) is 6.80. The summed E-state index contributed by atoms with van der Waals surface area (Å²) in [5.41, 5.74) is 5.59. The van der Waals surface area contributed by atoms with Gasteiger partial charge in [-0.3, -0.25) is 4.79 Å². The van der Waals surface area contributed by atoms with E-state index in [0.29, 0.717) is 31.4 Å². The molecule has 0 amide bonds. The van der Waals surface area contributed by atoms with Crippen molar-refractivity contribution in [2.24, 2.45) is 17.6 Å². The van der Waals surface area contributed by atoms with E-state index in [1.807, 2.05) is 0 Å². The molecule has 4 nitrogen and oxygen atoms in total. The van der Waals surface area contributed by atoms with Crippen molar-refractivity contribution in [2.45, 2.75) is 51.9 Å². The minimum Gasteiger partial charge on any atom is -0.465 e. The molecule has 0 radical (unpaired) electrons. The van der Waals surface area contributed by atoms with Gasteiger partial charge in [-0.15, -0.1) is 0 Å². The highest BCUT2D eigenvalue weighted by atomic mass is 16.5. The zero-order valence-corrected chi connectivity index (χ0v) is 12.2. The summed E-state index contributed by atoms with van der Waals surface area (Å²) in [6, 6.07) is 0. The molecule has 0 bridgehead atoms. The Hall–Kier alpha value is -0.610. The maximum atomic E-state index is 11.7. The Morgan fingerprint density at radius 3 is 2.68 bits per heavy atom. The van der Waals surface area contributed by atoms with Gasteiger partial charge in [0.15, 0.2) is 0 Å². The van der Waals surface area contributed by atoms with Crippen LogP contribution in [0, 0.1) is 11.8 Å². The Balaban J connectivity index is 2.11. The fraction of sp³-hybridized carbons (Fsp3) is 0.933. The average molecular weight is 271 g/mol. The zero-order chi connectivity index (χ0) is 13.9. The van der Waals surface area contributed by atoms with Gasteiger partial charge in [0.25, 0.3) is 0 Å². The summed E-state index contributed by atoms with van der Waals surface area (Å²) in [5.74, 6) is 1.02. The lowest BCUT2D eigenvalue weighted by molar-refractivity contribution is -0.146. The fourth-order valence-corrected chi connectivity index (χ4v) is 2.59. The topological polar surface area (TPSA) is 61.6 Å². The Morgan fingerprint density at radius 2 is 2.05 bits per heavy atom. The minimum atomic E-state index is -0.0513. The minimum absolute atomic E-state index is 0.0513. The summed E-state index contributed by atoms with van der Waals surface area (Å²) in [5, 5.41) is 0. The summed E-state index contributed by atoms with van der Waals surface area (Å²) in [7, 11) is 0. The van der Waals surface area contributed by atoms with Gasteiger partial charge in [-0.1, -0.05) is 19.8 Å². The van der Waals surface area contributed by atoms with Crippen LogP contribution >= 0.6 is 0 Å². The van der Waals surface area contributed by atoms with E-state index >= 15 is 0 Å². The van der Waals surface area contributed by atoms with Gasteiger partial charge in [-0.05, 0) is 44.1 Å². The molecule has 0 aromatic carbocycles. The van der Waals surface area contributed by atoms with E-state index in [2.05, 4.69) is 6.92 Å². The first-order chi connectivity index (χ1) is 9.26. The molecule has 0 aromatic rings. The van der Waals surface area contributed by atoms with E-state index in [0.717, 1.165) is 51.7 Å². The molecule has 0 aromatic heterocycles. The highest BCUT2D eigenvalue weighted by Gasteiger charge is 2.16. The van der Waals surface area contributed by atoms with Crippen LogP contribution in [0.25, 0.3) is 0 Å². The summed E-state index contributed by atoms with van der Waals surface area (Å²) < 4.78 is 10.6. The van der Waals surface area contributed by atoms with Crippen molar-refractivity contribution in [2.75, 3.05) is 26.4 Å². The van der Waals surface area contributed by atoms with Gasteiger partial charge in [-0.25, -0.2) is 0 Å². The Kier molecular flexibility index (Phi) is 8.84. The van der Waals surface area contributed by atoms with E-state index in [4.69, 9.17) is 15.2 Å². The molecular weight excluding hydrogens is 242 g/mol. The van der Waals surface area contributed by atoms with E-state index in [-0.39, 0.29) is 5.97 Å². The molecule has 1 unspecified atom stereocenters. The smallest absolute Gasteiger partial charge is 0.305 e. The normalized spacial score (nSPS) is 18.2. The van der Waals surface area contributed by atoms with Crippen LogP contribution in [-0.2, 0) is 14.3 Å². The highest BCUT2D eigenvalue weighted by molar-refractivity contribution is 5.69. The number of ether oxygens (including phenoxy) is 2.